The van der Waals surface area contributed by atoms with Crippen LogP contribution < -0.4 is 0 Å². The minimum absolute atomic E-state index is 0.407. The molecule has 0 aliphatic carbocycles. The van der Waals surface area contributed by atoms with Crippen LogP contribution >= 0.6 is 23.2 Å². The summed E-state index contributed by atoms with van der Waals surface area (Å²) in [4.78, 5) is 0. The van der Waals surface area contributed by atoms with Gasteiger partial charge in [0.15, 0.2) is 0 Å². The van der Waals surface area contributed by atoms with E-state index in [0.717, 1.165) is 17.2 Å². The van der Waals surface area contributed by atoms with Gasteiger partial charge in [-0.2, -0.15) is 5.26 Å². The van der Waals surface area contributed by atoms with Crippen molar-refractivity contribution in [2.24, 2.45) is 0 Å². The van der Waals surface area contributed by atoms with Crippen molar-refractivity contribution in [3.63, 3.8) is 0 Å². The molecule has 2 aromatic carbocycles. The Morgan fingerprint density at radius 1 is 1.12 bits per heavy atom. The molecule has 0 aromatic heterocycles. The Kier molecular flexibility index (Phi) is 3.05. The van der Waals surface area contributed by atoms with Crippen LogP contribution in [0.4, 0.5) is 0 Å². The Morgan fingerprint density at radius 3 is 2.50 bits per heavy atom. The van der Waals surface area contributed by atoms with Crippen molar-refractivity contribution in [3.05, 3.63) is 45.4 Å². The molecule has 0 heterocycles. The van der Waals surface area contributed by atoms with E-state index in [1.54, 1.807) is 6.07 Å². The van der Waals surface area contributed by atoms with E-state index in [-0.39, 0.29) is 0 Å². The molecular formula is C13H9Cl2N. The lowest BCUT2D eigenvalue weighted by atomic mass is 10.0. The fraction of sp³-hybridized carbons (Fsp3) is 0.154. The Morgan fingerprint density at radius 2 is 1.88 bits per heavy atom. The molecule has 2 aromatic rings. The van der Waals surface area contributed by atoms with E-state index in [2.05, 4.69) is 13.0 Å². The van der Waals surface area contributed by atoms with E-state index in [9.17, 15) is 0 Å². The fourth-order valence-electron chi connectivity index (χ4n) is 1.73. The highest BCUT2D eigenvalue weighted by atomic mass is 35.5. The molecule has 3 heteroatoms. The third-order valence-electron chi connectivity index (χ3n) is 2.62. The van der Waals surface area contributed by atoms with Crippen molar-refractivity contribution < 1.29 is 0 Å². The standard InChI is InChI=1S/C13H9Cl2N/c1-2-8-3-4-9-10(5-8)12(14)6-13(15)11(9)7-16/h3-6H,2H2,1H3. The van der Waals surface area contributed by atoms with E-state index in [1.165, 1.54) is 5.56 Å². The summed E-state index contributed by atoms with van der Waals surface area (Å²) in [6.45, 7) is 2.08. The molecule has 0 saturated heterocycles. The first kappa shape index (κ1) is 11.3. The van der Waals surface area contributed by atoms with Gasteiger partial charge in [-0.3, -0.25) is 0 Å². The van der Waals surface area contributed by atoms with Crippen LogP contribution in [0.25, 0.3) is 10.8 Å². The number of hydrogen-bond acceptors (Lipinski definition) is 1. The maximum atomic E-state index is 9.06. The third-order valence-corrected chi connectivity index (χ3v) is 3.23. The summed E-state index contributed by atoms with van der Waals surface area (Å²) < 4.78 is 0. The summed E-state index contributed by atoms with van der Waals surface area (Å²) in [5.74, 6) is 0. The van der Waals surface area contributed by atoms with E-state index < -0.39 is 0 Å². The fourth-order valence-corrected chi connectivity index (χ4v) is 2.30. The summed E-state index contributed by atoms with van der Waals surface area (Å²) in [7, 11) is 0. The number of fused-ring (bicyclic) bond motifs is 1. The Balaban J connectivity index is 2.88. The van der Waals surface area contributed by atoms with Crippen molar-refractivity contribution in [1.29, 1.82) is 5.26 Å². The lowest BCUT2D eigenvalue weighted by Crippen LogP contribution is -1.86. The largest absolute Gasteiger partial charge is 0.192 e. The Hall–Kier alpha value is -1.23. The maximum Gasteiger partial charge on any atom is 0.101 e. The van der Waals surface area contributed by atoms with Gasteiger partial charge >= 0.3 is 0 Å². The van der Waals surface area contributed by atoms with Crippen molar-refractivity contribution in [2.45, 2.75) is 13.3 Å². The van der Waals surface area contributed by atoms with E-state index >= 15 is 0 Å². The SMILES string of the molecule is CCc1ccc2c(C#N)c(Cl)cc(Cl)c2c1. The second-order valence-corrected chi connectivity index (χ2v) is 4.37. The van der Waals surface area contributed by atoms with E-state index in [0.29, 0.717) is 15.6 Å². The summed E-state index contributed by atoms with van der Waals surface area (Å²) in [6, 6.07) is 9.65. The van der Waals surface area contributed by atoms with Gasteiger partial charge in [0, 0.05) is 15.8 Å². The highest BCUT2D eigenvalue weighted by Crippen LogP contribution is 2.32. The molecular weight excluding hydrogens is 241 g/mol. The first-order valence-corrected chi connectivity index (χ1v) is 5.73. The molecule has 0 aliphatic rings. The lowest BCUT2D eigenvalue weighted by Gasteiger charge is -2.06. The smallest absolute Gasteiger partial charge is 0.101 e. The van der Waals surface area contributed by atoms with Crippen LogP contribution in [0.5, 0.6) is 0 Å². The molecule has 16 heavy (non-hydrogen) atoms. The zero-order valence-corrected chi connectivity index (χ0v) is 10.2. The Bertz CT molecular complexity index is 597. The van der Waals surface area contributed by atoms with Crippen molar-refractivity contribution in [3.8, 4) is 6.07 Å². The number of nitrogens with zero attached hydrogens (tertiary/aromatic N) is 1. The second-order valence-electron chi connectivity index (χ2n) is 3.56. The number of aryl methyl sites for hydroxylation is 1. The van der Waals surface area contributed by atoms with Crippen LogP contribution in [0.15, 0.2) is 24.3 Å². The normalized spacial score (nSPS) is 10.4. The summed E-state index contributed by atoms with van der Waals surface area (Å²) in [6.07, 6.45) is 0.941. The molecule has 0 unspecified atom stereocenters. The summed E-state index contributed by atoms with van der Waals surface area (Å²) in [5, 5.41) is 11.8. The van der Waals surface area contributed by atoms with Gasteiger partial charge in [-0.1, -0.05) is 42.3 Å². The maximum absolute atomic E-state index is 9.06. The minimum atomic E-state index is 0.407. The number of hydrogen-bond donors (Lipinski definition) is 0. The summed E-state index contributed by atoms with van der Waals surface area (Å²) >= 11 is 12.1. The van der Waals surface area contributed by atoms with Crippen LogP contribution in [0.2, 0.25) is 10.0 Å². The van der Waals surface area contributed by atoms with E-state index in [4.69, 9.17) is 28.5 Å². The lowest BCUT2D eigenvalue weighted by molar-refractivity contribution is 1.15. The molecule has 2 rings (SSSR count). The predicted octanol–water partition coefficient (Wildman–Crippen LogP) is 4.58. The molecule has 0 bridgehead atoms. The van der Waals surface area contributed by atoms with Crippen LogP contribution in [-0.4, -0.2) is 0 Å². The molecule has 0 atom stereocenters. The number of nitriles is 1. The van der Waals surface area contributed by atoms with Gasteiger partial charge in [0.05, 0.1) is 10.6 Å². The quantitative estimate of drug-likeness (QED) is 0.726. The van der Waals surface area contributed by atoms with Gasteiger partial charge in [0.2, 0.25) is 0 Å². The molecule has 0 N–H and O–H groups in total. The highest BCUT2D eigenvalue weighted by molar-refractivity contribution is 6.39. The van der Waals surface area contributed by atoms with Gasteiger partial charge < -0.3 is 0 Å². The molecule has 0 fully saturated rings. The number of rotatable bonds is 1. The van der Waals surface area contributed by atoms with Gasteiger partial charge in [-0.25, -0.2) is 0 Å². The minimum Gasteiger partial charge on any atom is -0.192 e. The molecule has 1 nitrogen and oxygen atoms in total. The number of benzene rings is 2. The van der Waals surface area contributed by atoms with Crippen molar-refractivity contribution in [1.82, 2.24) is 0 Å². The van der Waals surface area contributed by atoms with Crippen LogP contribution in [0.3, 0.4) is 0 Å². The zero-order chi connectivity index (χ0) is 11.7. The van der Waals surface area contributed by atoms with Crippen LogP contribution in [-0.2, 0) is 6.42 Å². The second kappa shape index (κ2) is 4.33. The van der Waals surface area contributed by atoms with Crippen molar-refractivity contribution >= 4 is 34.0 Å². The average Bonchev–Trinajstić information content (AvgIpc) is 2.29. The molecule has 0 radical (unpaired) electrons. The topological polar surface area (TPSA) is 23.8 Å². The predicted molar refractivity (Wildman–Crippen MR) is 68.1 cm³/mol. The first-order valence-electron chi connectivity index (χ1n) is 4.98. The van der Waals surface area contributed by atoms with Gasteiger partial charge in [-0.15, -0.1) is 0 Å². The van der Waals surface area contributed by atoms with Crippen LogP contribution in [0, 0.1) is 11.3 Å². The average molecular weight is 250 g/mol. The van der Waals surface area contributed by atoms with Gasteiger partial charge in [-0.05, 0) is 24.1 Å². The first-order chi connectivity index (χ1) is 7.67. The monoisotopic (exact) mass is 249 g/mol. The molecule has 0 saturated carbocycles. The molecule has 0 amide bonds. The zero-order valence-electron chi connectivity index (χ0n) is 8.72. The van der Waals surface area contributed by atoms with Gasteiger partial charge in [0.1, 0.15) is 6.07 Å². The Labute approximate surface area is 104 Å². The van der Waals surface area contributed by atoms with Gasteiger partial charge in [0.25, 0.3) is 0 Å². The van der Waals surface area contributed by atoms with E-state index in [1.807, 2.05) is 18.2 Å². The highest BCUT2D eigenvalue weighted by Gasteiger charge is 2.09. The van der Waals surface area contributed by atoms with Crippen LogP contribution in [0.1, 0.15) is 18.1 Å². The molecule has 0 spiro atoms. The molecule has 80 valence electrons. The van der Waals surface area contributed by atoms with Crippen molar-refractivity contribution in [2.75, 3.05) is 0 Å². The number of halogens is 2. The summed E-state index contributed by atoms with van der Waals surface area (Å²) in [5.41, 5.74) is 1.68. The molecule has 0 aliphatic heterocycles. The third kappa shape index (κ3) is 1.75.